The Balaban J connectivity index is 1.60. The first-order chi connectivity index (χ1) is 17.5. The molecule has 0 saturated carbocycles. The highest BCUT2D eigenvalue weighted by molar-refractivity contribution is 5.96. The van der Waals surface area contributed by atoms with Crippen LogP contribution in [0.15, 0.2) is 79.4 Å². The number of ether oxygens (including phenoxy) is 2. The van der Waals surface area contributed by atoms with Crippen LogP contribution in [0.2, 0.25) is 0 Å². The number of hydrogen-bond donors (Lipinski definition) is 0. The van der Waals surface area contributed by atoms with Crippen molar-refractivity contribution in [3.05, 3.63) is 112 Å². The lowest BCUT2D eigenvalue weighted by molar-refractivity contribution is -0.384. The van der Waals surface area contributed by atoms with Gasteiger partial charge in [-0.2, -0.15) is 0 Å². The number of amides is 1. The van der Waals surface area contributed by atoms with Gasteiger partial charge in [-0.3, -0.25) is 14.9 Å². The second-order valence-corrected chi connectivity index (χ2v) is 8.40. The number of carbonyl (C=O) groups is 1. The van der Waals surface area contributed by atoms with E-state index in [0.29, 0.717) is 30.2 Å². The number of aromatic nitrogens is 2. The number of imidazole rings is 1. The molecule has 3 aromatic carbocycles. The highest BCUT2D eigenvalue weighted by Crippen LogP contribution is 2.41. The number of nitro benzene ring substituents is 1. The first-order valence-corrected chi connectivity index (χ1v) is 11.4. The Morgan fingerprint density at radius 2 is 1.81 bits per heavy atom. The lowest BCUT2D eigenvalue weighted by atomic mass is 9.87. The fourth-order valence-electron chi connectivity index (χ4n) is 4.75. The van der Waals surface area contributed by atoms with Crippen LogP contribution in [-0.4, -0.2) is 46.0 Å². The Morgan fingerprint density at radius 3 is 2.47 bits per heavy atom. The first kappa shape index (κ1) is 23.1. The van der Waals surface area contributed by atoms with Crippen LogP contribution in [0.25, 0.3) is 5.69 Å². The second-order valence-electron chi connectivity index (χ2n) is 8.40. The van der Waals surface area contributed by atoms with E-state index in [0.717, 1.165) is 16.7 Å². The van der Waals surface area contributed by atoms with Crippen molar-refractivity contribution < 1.29 is 19.2 Å². The molecule has 0 fully saturated rings. The van der Waals surface area contributed by atoms with Crippen LogP contribution in [-0.2, 0) is 6.42 Å². The van der Waals surface area contributed by atoms with Crippen LogP contribution in [0.1, 0.15) is 33.1 Å². The molecule has 1 aromatic heterocycles. The monoisotopic (exact) mass is 484 g/mol. The van der Waals surface area contributed by atoms with Crippen molar-refractivity contribution >= 4 is 11.6 Å². The van der Waals surface area contributed by atoms with Crippen molar-refractivity contribution in [1.29, 1.82) is 0 Å². The van der Waals surface area contributed by atoms with E-state index in [2.05, 4.69) is 4.98 Å². The third-order valence-electron chi connectivity index (χ3n) is 6.45. The van der Waals surface area contributed by atoms with Gasteiger partial charge in [0.05, 0.1) is 31.5 Å². The molecule has 0 N–H and O–H groups in total. The van der Waals surface area contributed by atoms with Crippen molar-refractivity contribution in [2.45, 2.75) is 12.5 Å². The fraction of sp³-hybridized carbons (Fsp3) is 0.185. The van der Waals surface area contributed by atoms with Gasteiger partial charge < -0.3 is 18.9 Å². The number of benzene rings is 3. The maximum atomic E-state index is 13.9. The number of fused-ring (bicyclic) bond motifs is 1. The van der Waals surface area contributed by atoms with E-state index < -0.39 is 11.0 Å². The summed E-state index contributed by atoms with van der Waals surface area (Å²) in [5.41, 5.74) is 3.35. The van der Waals surface area contributed by atoms with Gasteiger partial charge in [-0.1, -0.05) is 30.3 Å². The van der Waals surface area contributed by atoms with Crippen molar-refractivity contribution in [3.8, 4) is 17.2 Å². The summed E-state index contributed by atoms with van der Waals surface area (Å²) < 4.78 is 12.6. The molecule has 182 valence electrons. The number of rotatable bonds is 6. The normalized spacial score (nSPS) is 14.7. The largest absolute Gasteiger partial charge is 0.493 e. The molecule has 1 aliphatic heterocycles. The van der Waals surface area contributed by atoms with Crippen LogP contribution in [0.5, 0.6) is 11.5 Å². The number of hydrogen-bond acceptors (Lipinski definition) is 6. The van der Waals surface area contributed by atoms with Crippen molar-refractivity contribution in [2.24, 2.45) is 0 Å². The van der Waals surface area contributed by atoms with Gasteiger partial charge in [-0.05, 0) is 47.4 Å². The molecular formula is C27H24N4O5. The Bertz CT molecular complexity index is 1420. The van der Waals surface area contributed by atoms with Crippen molar-refractivity contribution in [1.82, 2.24) is 14.5 Å². The average Bonchev–Trinajstić information content (AvgIpc) is 3.46. The lowest BCUT2D eigenvalue weighted by Crippen LogP contribution is -2.40. The van der Waals surface area contributed by atoms with Gasteiger partial charge in [0.2, 0.25) is 0 Å². The minimum Gasteiger partial charge on any atom is -0.493 e. The fourth-order valence-corrected chi connectivity index (χ4v) is 4.75. The highest BCUT2D eigenvalue weighted by atomic mass is 16.6. The molecular weight excluding hydrogens is 460 g/mol. The minimum absolute atomic E-state index is 0.168. The van der Waals surface area contributed by atoms with Crippen LogP contribution in [0.3, 0.4) is 0 Å². The summed E-state index contributed by atoms with van der Waals surface area (Å²) in [6, 6.07) is 17.7. The Morgan fingerprint density at radius 1 is 1.06 bits per heavy atom. The summed E-state index contributed by atoms with van der Waals surface area (Å²) in [6.45, 7) is 0.442. The molecule has 0 saturated heterocycles. The Hall–Kier alpha value is -4.66. The molecule has 9 heteroatoms. The third-order valence-corrected chi connectivity index (χ3v) is 6.45. The summed E-state index contributed by atoms with van der Waals surface area (Å²) in [5, 5.41) is 11.9. The maximum absolute atomic E-state index is 13.9. The number of nitro groups is 1. The van der Waals surface area contributed by atoms with Gasteiger partial charge in [-0.15, -0.1) is 0 Å². The molecule has 4 aromatic rings. The molecule has 9 nitrogen and oxygen atoms in total. The molecule has 2 heterocycles. The van der Waals surface area contributed by atoms with Crippen molar-refractivity contribution in [2.75, 3.05) is 20.8 Å². The smallest absolute Gasteiger partial charge is 0.294 e. The van der Waals surface area contributed by atoms with Crippen LogP contribution < -0.4 is 9.47 Å². The number of methoxy groups -OCH3 is 2. The van der Waals surface area contributed by atoms with Gasteiger partial charge in [0.15, 0.2) is 11.5 Å². The molecule has 5 rings (SSSR count). The van der Waals surface area contributed by atoms with Gasteiger partial charge in [0.1, 0.15) is 5.69 Å². The summed E-state index contributed by atoms with van der Waals surface area (Å²) in [4.78, 5) is 31.0. The summed E-state index contributed by atoms with van der Waals surface area (Å²) in [5.74, 6) is 0.921. The van der Waals surface area contributed by atoms with E-state index in [1.807, 2.05) is 42.5 Å². The van der Waals surface area contributed by atoms with E-state index in [1.54, 1.807) is 48.2 Å². The Kier molecular flexibility index (Phi) is 6.12. The molecule has 1 aliphatic rings. The van der Waals surface area contributed by atoms with Crippen LogP contribution in [0.4, 0.5) is 5.69 Å². The quantitative estimate of drug-likeness (QED) is 0.293. The lowest BCUT2D eigenvalue weighted by Gasteiger charge is -2.38. The Labute approximate surface area is 207 Å². The van der Waals surface area contributed by atoms with Crippen LogP contribution >= 0.6 is 0 Å². The average molecular weight is 485 g/mol. The van der Waals surface area contributed by atoms with Crippen molar-refractivity contribution in [3.63, 3.8) is 0 Å². The molecule has 0 radical (unpaired) electrons. The van der Waals surface area contributed by atoms with E-state index in [1.165, 1.54) is 12.4 Å². The zero-order valence-electron chi connectivity index (χ0n) is 19.8. The molecule has 36 heavy (non-hydrogen) atoms. The SMILES string of the molecule is COc1cc2c(cc1OC)C(c1ccccc1)N(C(=O)c1ccc(-n3ccnc3)c([N+](=O)[O-])c1)CC2. The summed E-state index contributed by atoms with van der Waals surface area (Å²) in [6.07, 6.45) is 5.26. The molecule has 0 aliphatic carbocycles. The molecule has 0 spiro atoms. The molecule has 1 atom stereocenters. The van der Waals surface area contributed by atoms with E-state index in [4.69, 9.17) is 9.47 Å². The predicted molar refractivity (Wildman–Crippen MR) is 133 cm³/mol. The standard InChI is InChI=1S/C27H24N4O5/c1-35-24-15-19-10-12-30(26(18-6-4-3-5-7-18)21(19)16-25(24)36-2)27(32)20-8-9-22(23(14-20)31(33)34)29-13-11-28-17-29/h3-9,11,13-17,26H,10,12H2,1-2H3. The first-order valence-electron chi connectivity index (χ1n) is 11.4. The van der Waals surface area contributed by atoms with Gasteiger partial charge in [-0.25, -0.2) is 4.98 Å². The predicted octanol–water partition coefficient (Wildman–Crippen LogP) is 4.59. The minimum atomic E-state index is -0.483. The zero-order chi connectivity index (χ0) is 25.2. The van der Waals surface area contributed by atoms with E-state index in [-0.39, 0.29) is 17.2 Å². The topological polar surface area (TPSA) is 99.7 Å². The van der Waals surface area contributed by atoms with Gasteiger partial charge >= 0.3 is 0 Å². The summed E-state index contributed by atoms with van der Waals surface area (Å²) >= 11 is 0. The van der Waals surface area contributed by atoms with E-state index in [9.17, 15) is 14.9 Å². The zero-order valence-corrected chi connectivity index (χ0v) is 19.8. The molecule has 1 unspecified atom stereocenters. The highest BCUT2D eigenvalue weighted by Gasteiger charge is 2.34. The summed E-state index contributed by atoms with van der Waals surface area (Å²) in [7, 11) is 3.17. The third kappa shape index (κ3) is 4.04. The van der Waals surface area contributed by atoms with Gasteiger partial charge in [0.25, 0.3) is 11.6 Å². The number of carbonyl (C=O) groups excluding carboxylic acids is 1. The molecule has 0 bridgehead atoms. The maximum Gasteiger partial charge on any atom is 0.294 e. The van der Waals surface area contributed by atoms with Gasteiger partial charge in [0, 0.05) is 30.6 Å². The number of nitrogens with zero attached hydrogens (tertiary/aromatic N) is 4. The molecule has 1 amide bonds. The second kappa shape index (κ2) is 9.53. The van der Waals surface area contributed by atoms with Crippen LogP contribution in [0, 0.1) is 10.1 Å². The van der Waals surface area contributed by atoms with E-state index >= 15 is 0 Å².